The van der Waals surface area contributed by atoms with Crippen molar-refractivity contribution in [3.63, 3.8) is 0 Å². The number of rotatable bonds is 3. The van der Waals surface area contributed by atoms with Crippen LogP contribution < -0.4 is 5.32 Å². The third-order valence-electron chi connectivity index (χ3n) is 4.37. The Labute approximate surface area is 149 Å². The fourth-order valence-electron chi connectivity index (χ4n) is 3.21. The number of morpholine rings is 1. The van der Waals surface area contributed by atoms with Crippen molar-refractivity contribution in [2.75, 3.05) is 19.7 Å². The molecular formula is C18H18ClN3OS. The van der Waals surface area contributed by atoms with Crippen LogP contribution in [-0.4, -0.2) is 35.8 Å². The van der Waals surface area contributed by atoms with E-state index in [2.05, 4.69) is 22.2 Å². The van der Waals surface area contributed by atoms with Crippen molar-refractivity contribution >= 4 is 33.2 Å². The van der Waals surface area contributed by atoms with Gasteiger partial charge in [0, 0.05) is 30.1 Å². The highest BCUT2D eigenvalue weighted by molar-refractivity contribution is 7.17. The molecule has 4 rings (SSSR count). The van der Waals surface area contributed by atoms with Gasteiger partial charge in [0.2, 0.25) is 0 Å². The minimum atomic E-state index is 0.179. The Morgan fingerprint density at radius 3 is 3.12 bits per heavy atom. The van der Waals surface area contributed by atoms with Crippen molar-refractivity contribution in [1.29, 1.82) is 0 Å². The van der Waals surface area contributed by atoms with E-state index in [-0.39, 0.29) is 6.10 Å². The first-order valence-electron chi connectivity index (χ1n) is 8.02. The highest BCUT2D eigenvalue weighted by Gasteiger charge is 2.20. The molecule has 1 N–H and O–H groups in total. The van der Waals surface area contributed by atoms with Gasteiger partial charge in [0.15, 0.2) is 0 Å². The van der Waals surface area contributed by atoms with E-state index in [9.17, 15) is 0 Å². The molecule has 1 atom stereocenters. The van der Waals surface area contributed by atoms with Crippen molar-refractivity contribution in [3.8, 4) is 11.3 Å². The fourth-order valence-corrected chi connectivity index (χ4v) is 4.34. The number of benzene rings is 1. The molecule has 3 aromatic rings. The lowest BCUT2D eigenvalue weighted by Gasteiger charge is -2.25. The first-order chi connectivity index (χ1) is 11.7. The summed E-state index contributed by atoms with van der Waals surface area (Å²) in [6, 6.07) is 6.06. The predicted molar refractivity (Wildman–Crippen MR) is 98.9 cm³/mol. The molecule has 1 aliphatic rings. The Kier molecular flexibility index (Phi) is 4.50. The minimum Gasteiger partial charge on any atom is -0.375 e. The van der Waals surface area contributed by atoms with Gasteiger partial charge < -0.3 is 10.1 Å². The molecule has 1 saturated heterocycles. The summed E-state index contributed by atoms with van der Waals surface area (Å²) < 4.78 is 7.00. The first-order valence-corrected chi connectivity index (χ1v) is 9.28. The van der Waals surface area contributed by atoms with Gasteiger partial charge in [-0.05, 0) is 41.6 Å². The Balaban J connectivity index is 1.83. The molecule has 4 nitrogen and oxygen atoms in total. The van der Waals surface area contributed by atoms with Crippen LogP contribution in [0.1, 0.15) is 11.1 Å². The first kappa shape index (κ1) is 16.0. The number of ether oxygens (including phenoxy) is 1. The number of hydrogen-bond acceptors (Lipinski definition) is 5. The van der Waals surface area contributed by atoms with Gasteiger partial charge in [-0.15, -0.1) is 11.3 Å². The van der Waals surface area contributed by atoms with Crippen molar-refractivity contribution in [1.82, 2.24) is 15.3 Å². The Morgan fingerprint density at radius 2 is 2.29 bits per heavy atom. The van der Waals surface area contributed by atoms with Crippen LogP contribution >= 0.6 is 22.9 Å². The van der Waals surface area contributed by atoms with Gasteiger partial charge in [-0.1, -0.05) is 11.6 Å². The van der Waals surface area contributed by atoms with Crippen LogP contribution in [0.5, 0.6) is 0 Å². The van der Waals surface area contributed by atoms with Crippen LogP contribution in [0.25, 0.3) is 21.5 Å². The average Bonchev–Trinajstić information content (AvgIpc) is 3.07. The molecule has 124 valence electrons. The molecule has 0 aliphatic carbocycles. The van der Waals surface area contributed by atoms with E-state index in [0.29, 0.717) is 0 Å². The van der Waals surface area contributed by atoms with Crippen LogP contribution in [0.3, 0.4) is 0 Å². The standard InChI is InChI=1S/C18H18ClN3OS/c1-11-6-12(19)7-15(14(11)8-13-9-20-3-4-23-13)17-18-16(2-5-24-18)21-10-22-17/h2,5-7,10,13,20H,3-4,8-9H2,1H3. The molecule has 6 heteroatoms. The van der Waals surface area contributed by atoms with Crippen molar-refractivity contribution < 1.29 is 4.74 Å². The summed E-state index contributed by atoms with van der Waals surface area (Å²) in [6.07, 6.45) is 2.66. The SMILES string of the molecule is Cc1cc(Cl)cc(-c2ncnc3ccsc23)c1CC1CNCCO1. The quantitative estimate of drug-likeness (QED) is 0.771. The zero-order valence-corrected chi connectivity index (χ0v) is 15.0. The molecule has 0 saturated carbocycles. The average molecular weight is 360 g/mol. The maximum Gasteiger partial charge on any atom is 0.116 e. The number of hydrogen-bond donors (Lipinski definition) is 1. The summed E-state index contributed by atoms with van der Waals surface area (Å²) in [5.74, 6) is 0. The molecule has 24 heavy (non-hydrogen) atoms. The van der Waals surface area contributed by atoms with E-state index < -0.39 is 0 Å². The van der Waals surface area contributed by atoms with Gasteiger partial charge in [0.25, 0.3) is 0 Å². The second-order valence-corrected chi connectivity index (χ2v) is 7.36. The highest BCUT2D eigenvalue weighted by Crippen LogP contribution is 2.35. The van der Waals surface area contributed by atoms with Gasteiger partial charge in [-0.25, -0.2) is 9.97 Å². The molecule has 2 aromatic heterocycles. The van der Waals surface area contributed by atoms with Gasteiger partial charge >= 0.3 is 0 Å². The van der Waals surface area contributed by atoms with E-state index in [1.54, 1.807) is 17.7 Å². The van der Waals surface area contributed by atoms with Gasteiger partial charge in [-0.2, -0.15) is 0 Å². The van der Waals surface area contributed by atoms with Crippen molar-refractivity contribution in [3.05, 3.63) is 46.1 Å². The summed E-state index contributed by atoms with van der Waals surface area (Å²) >= 11 is 8.02. The molecule has 1 unspecified atom stereocenters. The zero-order valence-electron chi connectivity index (χ0n) is 13.4. The van der Waals surface area contributed by atoms with Gasteiger partial charge in [-0.3, -0.25) is 0 Å². The predicted octanol–water partition coefficient (Wildman–Crippen LogP) is 3.85. The fraction of sp³-hybridized carbons (Fsp3) is 0.333. The summed E-state index contributed by atoms with van der Waals surface area (Å²) in [5.41, 5.74) is 5.45. The second-order valence-electron chi connectivity index (χ2n) is 6.01. The number of aromatic nitrogens is 2. The number of halogens is 1. The van der Waals surface area contributed by atoms with Crippen molar-refractivity contribution in [2.45, 2.75) is 19.4 Å². The monoisotopic (exact) mass is 359 g/mol. The molecule has 3 heterocycles. The van der Waals surface area contributed by atoms with E-state index >= 15 is 0 Å². The number of aryl methyl sites for hydroxylation is 1. The molecule has 0 radical (unpaired) electrons. The minimum absolute atomic E-state index is 0.179. The summed E-state index contributed by atoms with van der Waals surface area (Å²) in [7, 11) is 0. The Bertz CT molecular complexity index is 874. The van der Waals surface area contributed by atoms with E-state index in [0.717, 1.165) is 52.6 Å². The van der Waals surface area contributed by atoms with Crippen LogP contribution in [-0.2, 0) is 11.2 Å². The Morgan fingerprint density at radius 1 is 1.38 bits per heavy atom. The normalized spacial score (nSPS) is 18.2. The summed E-state index contributed by atoms with van der Waals surface area (Å²) in [4.78, 5) is 8.92. The molecule has 1 aliphatic heterocycles. The largest absolute Gasteiger partial charge is 0.375 e. The lowest BCUT2D eigenvalue weighted by Crippen LogP contribution is -2.39. The molecule has 0 amide bonds. The van der Waals surface area contributed by atoms with Gasteiger partial charge in [0.05, 0.1) is 28.6 Å². The van der Waals surface area contributed by atoms with E-state index in [1.165, 1.54) is 11.1 Å². The van der Waals surface area contributed by atoms with Gasteiger partial charge in [0.1, 0.15) is 6.33 Å². The second kappa shape index (κ2) is 6.76. The Hall–Kier alpha value is -1.53. The highest BCUT2D eigenvalue weighted by atomic mass is 35.5. The van der Waals surface area contributed by atoms with Crippen LogP contribution in [0.15, 0.2) is 29.9 Å². The lowest BCUT2D eigenvalue weighted by atomic mass is 9.94. The third-order valence-corrected chi connectivity index (χ3v) is 5.50. The van der Waals surface area contributed by atoms with Crippen LogP contribution in [0.4, 0.5) is 0 Å². The lowest BCUT2D eigenvalue weighted by molar-refractivity contribution is 0.0292. The van der Waals surface area contributed by atoms with Crippen molar-refractivity contribution in [2.24, 2.45) is 0 Å². The summed E-state index contributed by atoms with van der Waals surface area (Å²) in [5, 5.41) is 6.18. The number of nitrogens with zero attached hydrogens (tertiary/aromatic N) is 2. The number of thiophene rings is 1. The van der Waals surface area contributed by atoms with Crippen LogP contribution in [0.2, 0.25) is 5.02 Å². The molecular weight excluding hydrogens is 342 g/mol. The number of fused-ring (bicyclic) bond motifs is 1. The maximum atomic E-state index is 6.36. The molecule has 1 fully saturated rings. The third kappa shape index (κ3) is 3.05. The van der Waals surface area contributed by atoms with Crippen LogP contribution in [0, 0.1) is 6.92 Å². The molecule has 0 spiro atoms. The number of nitrogens with one attached hydrogen (secondary N) is 1. The maximum absolute atomic E-state index is 6.36. The smallest absolute Gasteiger partial charge is 0.116 e. The van der Waals surface area contributed by atoms with E-state index in [4.69, 9.17) is 16.3 Å². The molecule has 1 aromatic carbocycles. The van der Waals surface area contributed by atoms with E-state index in [1.807, 2.05) is 23.6 Å². The zero-order chi connectivity index (χ0) is 16.5. The summed E-state index contributed by atoms with van der Waals surface area (Å²) in [6.45, 7) is 4.66. The molecule has 0 bridgehead atoms. The topological polar surface area (TPSA) is 47.0 Å².